The second-order valence-corrected chi connectivity index (χ2v) is 8.98. The van der Waals surface area contributed by atoms with Gasteiger partial charge in [0.15, 0.2) is 0 Å². The van der Waals surface area contributed by atoms with Crippen molar-refractivity contribution in [3.63, 3.8) is 0 Å². The van der Waals surface area contributed by atoms with Gasteiger partial charge in [0.2, 0.25) is 0 Å². The van der Waals surface area contributed by atoms with Crippen molar-refractivity contribution in [3.05, 3.63) is 42.2 Å². The molecule has 1 unspecified atom stereocenters. The molecular weight excluding hydrogens is 372 g/mol. The molecule has 29 heavy (non-hydrogen) atoms. The minimum absolute atomic E-state index is 0.403. The zero-order valence-corrected chi connectivity index (χ0v) is 16.8. The van der Waals surface area contributed by atoms with Crippen LogP contribution in [0.3, 0.4) is 0 Å². The van der Waals surface area contributed by atoms with Crippen molar-refractivity contribution in [1.29, 1.82) is 0 Å². The van der Waals surface area contributed by atoms with Gasteiger partial charge >= 0.3 is 0 Å². The summed E-state index contributed by atoms with van der Waals surface area (Å²) in [6.07, 6.45) is 6.38. The van der Waals surface area contributed by atoms with Crippen LogP contribution in [0, 0.1) is 17.0 Å². The second kappa shape index (κ2) is 7.29. The monoisotopic (exact) mass is 399 g/mol. The molecule has 0 N–H and O–H groups in total. The van der Waals surface area contributed by atoms with Crippen molar-refractivity contribution in [1.82, 2.24) is 19.8 Å². The number of hydrogen-bond donors (Lipinski definition) is 0. The molecule has 4 heterocycles. The molecule has 1 atom stereocenters. The highest BCUT2D eigenvalue weighted by atomic mass is 19.1. The van der Waals surface area contributed by atoms with Crippen molar-refractivity contribution in [2.45, 2.75) is 25.3 Å². The Morgan fingerprint density at radius 2 is 1.76 bits per heavy atom. The molecule has 154 valence electrons. The average Bonchev–Trinajstić information content (AvgIpc) is 3.14. The Labute approximate surface area is 170 Å². The number of hydrogen-bond acceptors (Lipinski definition) is 5. The molecule has 3 fully saturated rings. The maximum absolute atomic E-state index is 13.9. The lowest BCUT2D eigenvalue weighted by molar-refractivity contribution is 0.0204. The van der Waals surface area contributed by atoms with Crippen LogP contribution in [0.2, 0.25) is 0 Å². The number of piperazine rings is 1. The van der Waals surface area contributed by atoms with Crippen LogP contribution in [0.1, 0.15) is 19.3 Å². The highest BCUT2D eigenvalue weighted by molar-refractivity contribution is 5.73. The Morgan fingerprint density at radius 1 is 1.00 bits per heavy atom. The summed E-state index contributed by atoms with van der Waals surface area (Å²) in [5.41, 5.74) is 1.73. The fourth-order valence-electron chi connectivity index (χ4n) is 5.58. The van der Waals surface area contributed by atoms with Gasteiger partial charge in [-0.3, -0.25) is 9.88 Å². The van der Waals surface area contributed by atoms with E-state index in [9.17, 15) is 8.78 Å². The Kier molecular flexibility index (Phi) is 4.75. The number of pyridine rings is 2. The highest BCUT2D eigenvalue weighted by Gasteiger charge is 2.48. The number of halogens is 2. The van der Waals surface area contributed by atoms with Gasteiger partial charge in [-0.25, -0.2) is 13.8 Å². The molecule has 7 heteroatoms. The first kappa shape index (κ1) is 18.9. The van der Waals surface area contributed by atoms with Crippen molar-refractivity contribution in [2.75, 3.05) is 51.2 Å². The molecule has 0 bridgehead atoms. The molecule has 2 aromatic rings. The number of aromatic nitrogens is 2. The molecule has 2 aliphatic heterocycles. The molecule has 1 spiro atoms. The van der Waals surface area contributed by atoms with Gasteiger partial charge < -0.3 is 9.80 Å². The summed E-state index contributed by atoms with van der Waals surface area (Å²) in [4.78, 5) is 15.8. The third-order valence-electron chi connectivity index (χ3n) is 6.85. The zero-order chi connectivity index (χ0) is 20.0. The van der Waals surface area contributed by atoms with Gasteiger partial charge in [0.25, 0.3) is 0 Å². The predicted molar refractivity (Wildman–Crippen MR) is 109 cm³/mol. The van der Waals surface area contributed by atoms with Crippen molar-refractivity contribution < 1.29 is 8.78 Å². The van der Waals surface area contributed by atoms with Crippen molar-refractivity contribution >= 4 is 5.82 Å². The van der Waals surface area contributed by atoms with E-state index in [-0.39, 0.29) is 0 Å². The first-order valence-electron chi connectivity index (χ1n) is 10.5. The van der Waals surface area contributed by atoms with E-state index in [1.54, 1.807) is 6.07 Å². The van der Waals surface area contributed by atoms with Crippen LogP contribution in [0.25, 0.3) is 11.3 Å². The van der Waals surface area contributed by atoms with Crippen LogP contribution in [0.4, 0.5) is 14.6 Å². The Morgan fingerprint density at radius 3 is 2.45 bits per heavy atom. The van der Waals surface area contributed by atoms with Crippen LogP contribution >= 0.6 is 0 Å². The maximum atomic E-state index is 13.9. The third kappa shape index (κ3) is 3.62. The molecule has 0 amide bonds. The number of anilines is 1. The van der Waals surface area contributed by atoms with Crippen LogP contribution in [-0.4, -0.2) is 72.1 Å². The Balaban J connectivity index is 1.28. The molecule has 3 aliphatic rings. The van der Waals surface area contributed by atoms with E-state index in [0.29, 0.717) is 22.7 Å². The largest absolute Gasteiger partial charge is 0.353 e. The van der Waals surface area contributed by atoms with Gasteiger partial charge in [0, 0.05) is 50.9 Å². The average molecular weight is 399 g/mol. The minimum atomic E-state index is -0.407. The molecule has 5 nitrogen and oxygen atoms in total. The summed E-state index contributed by atoms with van der Waals surface area (Å²) in [5, 5.41) is 0. The van der Waals surface area contributed by atoms with Crippen molar-refractivity contribution in [2.24, 2.45) is 5.41 Å². The van der Waals surface area contributed by atoms with Gasteiger partial charge in [0.1, 0.15) is 17.5 Å². The fourth-order valence-corrected chi connectivity index (χ4v) is 5.58. The van der Waals surface area contributed by atoms with Crippen molar-refractivity contribution in [3.8, 4) is 11.3 Å². The normalized spacial score (nSPS) is 24.8. The first-order chi connectivity index (χ1) is 14.0. The Bertz CT molecular complexity index is 873. The number of rotatable bonds is 3. The van der Waals surface area contributed by atoms with Gasteiger partial charge in [0.05, 0.1) is 18.1 Å². The quantitative estimate of drug-likeness (QED) is 0.793. The second-order valence-electron chi connectivity index (χ2n) is 8.98. The third-order valence-corrected chi connectivity index (χ3v) is 6.85. The van der Waals surface area contributed by atoms with Gasteiger partial charge in [-0.15, -0.1) is 0 Å². The van der Waals surface area contributed by atoms with E-state index >= 15 is 0 Å². The smallest absolute Gasteiger partial charge is 0.142 e. The van der Waals surface area contributed by atoms with E-state index in [1.165, 1.54) is 50.7 Å². The van der Waals surface area contributed by atoms with E-state index < -0.39 is 11.6 Å². The lowest BCUT2D eigenvalue weighted by Crippen LogP contribution is -2.54. The molecule has 1 saturated carbocycles. The van der Waals surface area contributed by atoms with Crippen LogP contribution in [0.5, 0.6) is 0 Å². The standard InChI is InChI=1S/C22H27F2N5/c1-27-14-22(15-27)5-4-18(11-22)28-6-8-29(9-7-28)21-19(10-17(24)13-26-21)20-3-2-16(23)12-25-20/h2-3,10,12-13,18H,4-9,11,14-15H2,1H3. The molecule has 1 aliphatic carbocycles. The molecule has 5 rings (SSSR count). The first-order valence-corrected chi connectivity index (χ1v) is 10.5. The SMILES string of the molecule is CN1CC2(CCC(N3CCN(c4ncc(F)cc4-c4ccc(F)cn4)CC3)C2)C1. The minimum Gasteiger partial charge on any atom is -0.353 e. The van der Waals surface area contributed by atoms with Gasteiger partial charge in [-0.1, -0.05) is 0 Å². The lowest BCUT2D eigenvalue weighted by Gasteiger charge is -2.47. The van der Waals surface area contributed by atoms with Crippen LogP contribution < -0.4 is 4.90 Å². The van der Waals surface area contributed by atoms with E-state index in [1.807, 2.05) is 0 Å². The predicted octanol–water partition coefficient (Wildman–Crippen LogP) is 3.03. The molecule has 0 aromatic carbocycles. The summed E-state index contributed by atoms with van der Waals surface area (Å²) < 4.78 is 27.2. The maximum Gasteiger partial charge on any atom is 0.142 e. The van der Waals surface area contributed by atoms with E-state index in [2.05, 4.69) is 31.7 Å². The molecular formula is C22H27F2N5. The van der Waals surface area contributed by atoms with E-state index in [0.717, 1.165) is 38.2 Å². The van der Waals surface area contributed by atoms with E-state index in [4.69, 9.17) is 0 Å². The Hall–Kier alpha value is -2.12. The number of likely N-dealkylation sites (tertiary alicyclic amines) is 1. The summed E-state index contributed by atoms with van der Waals surface area (Å²) >= 11 is 0. The number of nitrogens with zero attached hydrogens (tertiary/aromatic N) is 5. The van der Waals surface area contributed by atoms with Crippen LogP contribution in [-0.2, 0) is 0 Å². The van der Waals surface area contributed by atoms with Gasteiger partial charge in [-0.2, -0.15) is 0 Å². The summed E-state index contributed by atoms with van der Waals surface area (Å²) in [6.45, 7) is 6.19. The zero-order valence-electron chi connectivity index (χ0n) is 16.8. The summed E-state index contributed by atoms with van der Waals surface area (Å²) in [7, 11) is 2.21. The lowest BCUT2D eigenvalue weighted by atomic mass is 9.78. The summed E-state index contributed by atoms with van der Waals surface area (Å²) in [6, 6.07) is 5.07. The molecule has 2 saturated heterocycles. The molecule has 0 radical (unpaired) electrons. The summed E-state index contributed by atoms with van der Waals surface area (Å²) in [5.74, 6) is -0.0795. The van der Waals surface area contributed by atoms with Gasteiger partial charge in [-0.05, 0) is 49.9 Å². The highest BCUT2D eigenvalue weighted by Crippen LogP contribution is 2.46. The fraction of sp³-hybridized carbons (Fsp3) is 0.545. The topological polar surface area (TPSA) is 35.5 Å². The van der Waals surface area contributed by atoms with Crippen LogP contribution in [0.15, 0.2) is 30.6 Å². The molecule has 2 aromatic heterocycles.